The van der Waals surface area contributed by atoms with Crippen molar-refractivity contribution in [2.75, 3.05) is 13.6 Å². The van der Waals surface area contributed by atoms with Crippen LogP contribution in [0.25, 0.3) is 0 Å². The van der Waals surface area contributed by atoms with Crippen LogP contribution in [0.15, 0.2) is 22.8 Å². The molecule has 1 rings (SSSR count). The molecule has 0 bridgehead atoms. The van der Waals surface area contributed by atoms with Crippen molar-refractivity contribution in [2.24, 2.45) is 5.41 Å². The Balaban J connectivity index is 2.68. The molecular weight excluding hydrogens is 298 g/mol. The average Bonchev–Trinajstić information content (AvgIpc) is 2.35. The highest BCUT2D eigenvalue weighted by Gasteiger charge is 2.27. The van der Waals surface area contributed by atoms with Gasteiger partial charge in [-0.25, -0.2) is 4.98 Å². The van der Waals surface area contributed by atoms with E-state index >= 15 is 0 Å². The van der Waals surface area contributed by atoms with Crippen LogP contribution in [0.5, 0.6) is 0 Å². The average molecular weight is 314 g/mol. The first kappa shape index (κ1) is 14.6. The van der Waals surface area contributed by atoms with E-state index in [0.29, 0.717) is 10.2 Å². The Morgan fingerprint density at radius 2 is 2.11 bits per heavy atom. The molecule has 18 heavy (non-hydrogen) atoms. The summed E-state index contributed by atoms with van der Waals surface area (Å²) in [6.45, 7) is 3.77. The van der Waals surface area contributed by atoms with Gasteiger partial charge in [0.2, 0.25) is 5.91 Å². The molecule has 0 spiro atoms. The molecule has 0 aliphatic rings. The summed E-state index contributed by atoms with van der Waals surface area (Å²) in [6.07, 6.45) is 1.55. The molecule has 98 valence electrons. The normalized spacial score (nSPS) is 10.9. The lowest BCUT2D eigenvalue weighted by Crippen LogP contribution is -2.43. The highest BCUT2D eigenvalue weighted by molar-refractivity contribution is 9.10. The van der Waals surface area contributed by atoms with Crippen LogP contribution in [-0.4, -0.2) is 30.4 Å². The molecule has 0 radical (unpaired) electrons. The summed E-state index contributed by atoms with van der Waals surface area (Å²) in [7, 11) is 1.57. The molecule has 5 nitrogen and oxygen atoms in total. The number of carbonyl (C=O) groups excluding carboxylic acids is 2. The van der Waals surface area contributed by atoms with E-state index in [9.17, 15) is 9.59 Å². The van der Waals surface area contributed by atoms with Crippen LogP contribution < -0.4 is 10.6 Å². The SMILES string of the molecule is CNC(=O)C(C)(C)CNC(=O)c1ncccc1Br. The number of hydrogen-bond acceptors (Lipinski definition) is 3. The van der Waals surface area contributed by atoms with Crippen molar-refractivity contribution >= 4 is 27.7 Å². The van der Waals surface area contributed by atoms with Gasteiger partial charge < -0.3 is 10.6 Å². The van der Waals surface area contributed by atoms with E-state index in [-0.39, 0.29) is 18.4 Å². The smallest absolute Gasteiger partial charge is 0.271 e. The summed E-state index contributed by atoms with van der Waals surface area (Å²) in [4.78, 5) is 27.4. The van der Waals surface area contributed by atoms with Crippen molar-refractivity contribution in [2.45, 2.75) is 13.8 Å². The molecule has 0 saturated heterocycles. The second kappa shape index (κ2) is 5.95. The molecule has 0 aliphatic carbocycles. The molecule has 0 aromatic carbocycles. The molecule has 2 amide bonds. The van der Waals surface area contributed by atoms with Gasteiger partial charge in [0.15, 0.2) is 0 Å². The molecule has 1 aromatic rings. The van der Waals surface area contributed by atoms with Crippen molar-refractivity contribution in [3.63, 3.8) is 0 Å². The molecule has 0 saturated carbocycles. The molecule has 1 heterocycles. The van der Waals surface area contributed by atoms with Crippen LogP contribution in [0.2, 0.25) is 0 Å². The molecule has 6 heteroatoms. The van der Waals surface area contributed by atoms with Crippen molar-refractivity contribution in [1.82, 2.24) is 15.6 Å². The van der Waals surface area contributed by atoms with Crippen LogP contribution in [0.3, 0.4) is 0 Å². The number of nitrogens with one attached hydrogen (secondary N) is 2. The third-order valence-electron chi connectivity index (χ3n) is 2.51. The maximum absolute atomic E-state index is 11.9. The van der Waals surface area contributed by atoms with Gasteiger partial charge in [-0.1, -0.05) is 0 Å². The Labute approximate surface area is 114 Å². The van der Waals surface area contributed by atoms with Gasteiger partial charge in [0.05, 0.1) is 5.41 Å². The first-order valence-electron chi connectivity index (χ1n) is 5.49. The van der Waals surface area contributed by atoms with E-state index in [2.05, 4.69) is 31.5 Å². The molecule has 0 aliphatic heterocycles. The number of nitrogens with zero attached hydrogens (tertiary/aromatic N) is 1. The Kier molecular flexibility index (Phi) is 4.84. The second-order valence-corrected chi connectivity index (χ2v) is 5.33. The predicted octanol–water partition coefficient (Wildman–Crippen LogP) is 1.35. The van der Waals surface area contributed by atoms with E-state index in [1.54, 1.807) is 39.2 Å². The fourth-order valence-corrected chi connectivity index (χ4v) is 1.79. The van der Waals surface area contributed by atoms with Crippen LogP contribution >= 0.6 is 15.9 Å². The zero-order valence-electron chi connectivity index (χ0n) is 10.6. The fourth-order valence-electron chi connectivity index (χ4n) is 1.36. The van der Waals surface area contributed by atoms with Gasteiger partial charge in [0.1, 0.15) is 5.69 Å². The van der Waals surface area contributed by atoms with Crippen molar-refractivity contribution < 1.29 is 9.59 Å². The summed E-state index contributed by atoms with van der Waals surface area (Å²) < 4.78 is 0.625. The van der Waals surface area contributed by atoms with E-state index < -0.39 is 5.41 Å². The van der Waals surface area contributed by atoms with Crippen molar-refractivity contribution in [3.05, 3.63) is 28.5 Å². The van der Waals surface area contributed by atoms with Gasteiger partial charge in [0, 0.05) is 24.3 Å². The van der Waals surface area contributed by atoms with Gasteiger partial charge >= 0.3 is 0 Å². The Hall–Kier alpha value is -1.43. The molecule has 0 fully saturated rings. The molecule has 2 N–H and O–H groups in total. The van der Waals surface area contributed by atoms with Gasteiger partial charge in [0.25, 0.3) is 5.91 Å². The fraction of sp³-hybridized carbons (Fsp3) is 0.417. The predicted molar refractivity (Wildman–Crippen MR) is 72.1 cm³/mol. The van der Waals surface area contributed by atoms with E-state index in [1.165, 1.54) is 0 Å². The topological polar surface area (TPSA) is 71.1 Å². The van der Waals surface area contributed by atoms with Gasteiger partial charge in [-0.05, 0) is 41.9 Å². The third kappa shape index (κ3) is 3.53. The highest BCUT2D eigenvalue weighted by Crippen LogP contribution is 2.15. The number of pyridine rings is 1. The van der Waals surface area contributed by atoms with Gasteiger partial charge in [-0.2, -0.15) is 0 Å². The number of halogens is 1. The number of hydrogen-bond donors (Lipinski definition) is 2. The van der Waals surface area contributed by atoms with Crippen molar-refractivity contribution in [3.8, 4) is 0 Å². The first-order valence-corrected chi connectivity index (χ1v) is 6.28. The lowest BCUT2D eigenvalue weighted by Gasteiger charge is -2.22. The number of carbonyl (C=O) groups is 2. The Morgan fingerprint density at radius 3 is 2.67 bits per heavy atom. The van der Waals surface area contributed by atoms with Crippen LogP contribution in [0, 0.1) is 5.41 Å². The minimum absolute atomic E-state index is 0.122. The molecule has 0 unspecified atom stereocenters. The summed E-state index contributed by atoms with van der Waals surface area (Å²) >= 11 is 3.26. The number of amides is 2. The minimum Gasteiger partial charge on any atom is -0.359 e. The molecular formula is C12H16BrN3O2. The first-order chi connectivity index (χ1) is 8.38. The standard InChI is InChI=1S/C12H16BrN3O2/c1-12(2,11(18)14-3)7-16-10(17)9-8(13)5-4-6-15-9/h4-6H,7H2,1-3H3,(H,14,18)(H,16,17). The summed E-state index contributed by atoms with van der Waals surface area (Å²) in [5.74, 6) is -0.428. The quantitative estimate of drug-likeness (QED) is 0.881. The molecule has 0 atom stereocenters. The van der Waals surface area contributed by atoms with Crippen molar-refractivity contribution in [1.29, 1.82) is 0 Å². The minimum atomic E-state index is -0.661. The number of rotatable bonds is 4. The van der Waals surface area contributed by atoms with Gasteiger partial charge in [-0.3, -0.25) is 9.59 Å². The largest absolute Gasteiger partial charge is 0.359 e. The Morgan fingerprint density at radius 1 is 1.44 bits per heavy atom. The van der Waals surface area contributed by atoms with Crippen LogP contribution in [0.1, 0.15) is 24.3 Å². The second-order valence-electron chi connectivity index (χ2n) is 4.48. The third-order valence-corrected chi connectivity index (χ3v) is 3.15. The summed E-state index contributed by atoms with van der Waals surface area (Å²) in [6, 6.07) is 3.47. The van der Waals surface area contributed by atoms with E-state index in [4.69, 9.17) is 0 Å². The monoisotopic (exact) mass is 313 g/mol. The zero-order valence-corrected chi connectivity index (χ0v) is 12.2. The van der Waals surface area contributed by atoms with Gasteiger partial charge in [-0.15, -0.1) is 0 Å². The number of aromatic nitrogens is 1. The highest BCUT2D eigenvalue weighted by atomic mass is 79.9. The lowest BCUT2D eigenvalue weighted by atomic mass is 9.92. The summed E-state index contributed by atoms with van der Waals surface area (Å²) in [5.41, 5.74) is -0.351. The summed E-state index contributed by atoms with van der Waals surface area (Å²) in [5, 5.41) is 5.27. The maximum Gasteiger partial charge on any atom is 0.271 e. The zero-order chi connectivity index (χ0) is 13.8. The Bertz CT molecular complexity index is 460. The maximum atomic E-state index is 11.9. The van der Waals surface area contributed by atoms with E-state index in [1.807, 2.05) is 0 Å². The van der Waals surface area contributed by atoms with Crippen LogP contribution in [0.4, 0.5) is 0 Å². The van der Waals surface area contributed by atoms with Crippen LogP contribution in [-0.2, 0) is 4.79 Å². The van der Waals surface area contributed by atoms with E-state index in [0.717, 1.165) is 0 Å². The molecule has 1 aromatic heterocycles. The lowest BCUT2D eigenvalue weighted by molar-refractivity contribution is -0.128.